The zero-order valence-electron chi connectivity index (χ0n) is 19.3. The average molecular weight is 472 g/mol. The number of rotatable bonds is 15. The number of unbranched alkanes of at least 4 members (excludes halogenated alkanes) is 6. The standard InChI is InChI=1S/C26H34ClN3O3/c1-2-3-4-5-6-7-8-12-25(31)28-19-26(32)30-29-18-22-10-9-11-24(17-22)33-20-21-13-15-23(27)16-14-21/h9-11,13-18H,2-8,12,19-20H2,1H3,(H,28,31)(H,30,32)/b29-18-. The molecule has 2 N–H and O–H groups in total. The van der Waals surface area contributed by atoms with Crippen molar-refractivity contribution in [1.82, 2.24) is 10.7 Å². The van der Waals surface area contributed by atoms with E-state index in [0.717, 1.165) is 30.4 Å². The van der Waals surface area contributed by atoms with Crippen LogP contribution in [0.1, 0.15) is 69.4 Å². The summed E-state index contributed by atoms with van der Waals surface area (Å²) >= 11 is 5.89. The zero-order valence-corrected chi connectivity index (χ0v) is 20.1. The maximum atomic E-state index is 11.9. The lowest BCUT2D eigenvalue weighted by molar-refractivity contribution is -0.126. The highest BCUT2D eigenvalue weighted by atomic mass is 35.5. The van der Waals surface area contributed by atoms with Gasteiger partial charge in [0, 0.05) is 11.4 Å². The predicted molar refractivity (Wildman–Crippen MR) is 134 cm³/mol. The van der Waals surface area contributed by atoms with Crippen LogP contribution in [0.5, 0.6) is 5.75 Å². The summed E-state index contributed by atoms with van der Waals surface area (Å²) in [6.07, 6.45) is 10.1. The van der Waals surface area contributed by atoms with Crippen LogP contribution in [0.3, 0.4) is 0 Å². The van der Waals surface area contributed by atoms with Gasteiger partial charge in [-0.3, -0.25) is 9.59 Å². The van der Waals surface area contributed by atoms with Gasteiger partial charge in [-0.2, -0.15) is 5.10 Å². The van der Waals surface area contributed by atoms with Crippen LogP contribution in [0.15, 0.2) is 53.6 Å². The van der Waals surface area contributed by atoms with Gasteiger partial charge >= 0.3 is 0 Å². The Morgan fingerprint density at radius 2 is 1.70 bits per heavy atom. The molecule has 6 nitrogen and oxygen atoms in total. The molecule has 0 atom stereocenters. The number of hydrogen-bond donors (Lipinski definition) is 2. The average Bonchev–Trinajstić information content (AvgIpc) is 2.82. The third kappa shape index (κ3) is 12.1. The second-order valence-corrected chi connectivity index (χ2v) is 8.37. The molecule has 0 aliphatic heterocycles. The van der Waals surface area contributed by atoms with Gasteiger partial charge in [-0.1, -0.05) is 81.3 Å². The molecule has 0 radical (unpaired) electrons. The van der Waals surface area contributed by atoms with E-state index in [1.54, 1.807) is 0 Å². The van der Waals surface area contributed by atoms with Crippen molar-refractivity contribution in [2.45, 2.75) is 64.9 Å². The van der Waals surface area contributed by atoms with E-state index in [0.29, 0.717) is 23.8 Å². The number of nitrogens with zero attached hydrogens (tertiary/aromatic N) is 1. The fourth-order valence-corrected chi connectivity index (χ4v) is 3.29. The Morgan fingerprint density at radius 1 is 0.970 bits per heavy atom. The quantitative estimate of drug-likeness (QED) is 0.201. The summed E-state index contributed by atoms with van der Waals surface area (Å²) in [4.78, 5) is 23.7. The molecule has 33 heavy (non-hydrogen) atoms. The van der Waals surface area contributed by atoms with Gasteiger partial charge in [0.05, 0.1) is 12.8 Å². The molecule has 0 spiro atoms. The van der Waals surface area contributed by atoms with Crippen molar-refractivity contribution in [3.05, 3.63) is 64.7 Å². The Hall–Kier alpha value is -2.86. The highest BCUT2D eigenvalue weighted by molar-refractivity contribution is 6.30. The van der Waals surface area contributed by atoms with E-state index in [-0.39, 0.29) is 18.4 Å². The molecule has 2 aromatic rings. The summed E-state index contributed by atoms with van der Waals surface area (Å²) in [6, 6.07) is 14.9. The van der Waals surface area contributed by atoms with E-state index in [9.17, 15) is 9.59 Å². The van der Waals surface area contributed by atoms with E-state index in [1.807, 2.05) is 48.5 Å². The van der Waals surface area contributed by atoms with Crippen molar-refractivity contribution >= 4 is 29.6 Å². The van der Waals surface area contributed by atoms with Crippen LogP contribution >= 0.6 is 11.6 Å². The molecule has 0 saturated carbocycles. The first kappa shape index (κ1) is 26.4. The molecule has 2 rings (SSSR count). The van der Waals surface area contributed by atoms with Gasteiger partial charge in [-0.05, 0) is 41.8 Å². The Bertz CT molecular complexity index is 885. The summed E-state index contributed by atoms with van der Waals surface area (Å²) in [5, 5.41) is 7.27. The summed E-state index contributed by atoms with van der Waals surface area (Å²) in [5.74, 6) is 0.223. The van der Waals surface area contributed by atoms with Crippen molar-refractivity contribution in [2.75, 3.05) is 6.54 Å². The Labute approximate surface area is 201 Å². The zero-order chi connectivity index (χ0) is 23.7. The number of hydrogen-bond acceptors (Lipinski definition) is 4. The summed E-state index contributed by atoms with van der Waals surface area (Å²) in [7, 11) is 0. The van der Waals surface area contributed by atoms with E-state index < -0.39 is 0 Å². The number of nitrogens with one attached hydrogen (secondary N) is 2. The summed E-state index contributed by atoms with van der Waals surface area (Å²) < 4.78 is 5.79. The van der Waals surface area contributed by atoms with Crippen LogP contribution in [0.25, 0.3) is 0 Å². The Balaban J connectivity index is 1.62. The highest BCUT2D eigenvalue weighted by Crippen LogP contribution is 2.16. The second kappa shape index (κ2) is 15.9. The maximum absolute atomic E-state index is 11.9. The van der Waals surface area contributed by atoms with Crippen LogP contribution in [0, 0.1) is 0 Å². The highest BCUT2D eigenvalue weighted by Gasteiger charge is 2.05. The van der Waals surface area contributed by atoms with Crippen molar-refractivity contribution in [1.29, 1.82) is 0 Å². The van der Waals surface area contributed by atoms with Gasteiger partial charge in [0.15, 0.2) is 0 Å². The number of ether oxygens (including phenoxy) is 1. The first-order chi connectivity index (χ1) is 16.1. The normalized spacial score (nSPS) is 10.8. The molecule has 0 saturated heterocycles. The molecule has 0 bridgehead atoms. The lowest BCUT2D eigenvalue weighted by atomic mass is 10.1. The molecule has 2 amide bonds. The fourth-order valence-electron chi connectivity index (χ4n) is 3.16. The Kier molecular flexibility index (Phi) is 12.7. The van der Waals surface area contributed by atoms with Crippen molar-refractivity contribution in [3.63, 3.8) is 0 Å². The minimum absolute atomic E-state index is 0.0864. The second-order valence-electron chi connectivity index (χ2n) is 7.93. The van der Waals surface area contributed by atoms with E-state index in [2.05, 4.69) is 22.8 Å². The van der Waals surface area contributed by atoms with Crippen molar-refractivity contribution < 1.29 is 14.3 Å². The van der Waals surface area contributed by atoms with Gasteiger partial charge in [-0.15, -0.1) is 0 Å². The molecule has 0 aliphatic rings. The van der Waals surface area contributed by atoms with Crippen LogP contribution < -0.4 is 15.5 Å². The monoisotopic (exact) mass is 471 g/mol. The maximum Gasteiger partial charge on any atom is 0.259 e. The Morgan fingerprint density at radius 3 is 2.45 bits per heavy atom. The molecule has 0 fully saturated rings. The molecule has 0 aromatic heterocycles. The number of halogens is 1. The molecular weight excluding hydrogens is 438 g/mol. The van der Waals surface area contributed by atoms with Crippen molar-refractivity contribution in [3.8, 4) is 5.75 Å². The number of hydrazone groups is 1. The van der Waals surface area contributed by atoms with Crippen LogP contribution in [0.4, 0.5) is 0 Å². The number of amides is 2. The first-order valence-electron chi connectivity index (χ1n) is 11.6. The minimum atomic E-state index is -0.366. The summed E-state index contributed by atoms with van der Waals surface area (Å²) in [6.45, 7) is 2.54. The van der Waals surface area contributed by atoms with Gasteiger partial charge in [0.1, 0.15) is 12.4 Å². The SMILES string of the molecule is CCCCCCCCCC(=O)NCC(=O)N/N=C\c1cccc(OCc2ccc(Cl)cc2)c1. The van der Waals surface area contributed by atoms with Crippen LogP contribution in [-0.2, 0) is 16.2 Å². The third-order valence-corrected chi connectivity index (χ3v) is 5.29. The molecule has 178 valence electrons. The lowest BCUT2D eigenvalue weighted by Crippen LogP contribution is -2.34. The van der Waals surface area contributed by atoms with Crippen LogP contribution in [-0.4, -0.2) is 24.6 Å². The largest absolute Gasteiger partial charge is 0.489 e. The van der Waals surface area contributed by atoms with Crippen molar-refractivity contribution in [2.24, 2.45) is 5.10 Å². The van der Waals surface area contributed by atoms with E-state index >= 15 is 0 Å². The summed E-state index contributed by atoms with van der Waals surface area (Å²) in [5.41, 5.74) is 4.23. The predicted octanol–water partition coefficient (Wildman–Crippen LogP) is 5.63. The number of carbonyl (C=O) groups is 2. The van der Waals surface area contributed by atoms with Gasteiger partial charge in [-0.25, -0.2) is 5.43 Å². The number of benzene rings is 2. The van der Waals surface area contributed by atoms with Gasteiger partial charge in [0.25, 0.3) is 5.91 Å². The topological polar surface area (TPSA) is 79.8 Å². The van der Waals surface area contributed by atoms with Gasteiger partial charge < -0.3 is 10.1 Å². The van der Waals surface area contributed by atoms with E-state index in [4.69, 9.17) is 16.3 Å². The number of carbonyl (C=O) groups excluding carboxylic acids is 2. The molecule has 2 aromatic carbocycles. The molecular formula is C26H34ClN3O3. The molecule has 0 unspecified atom stereocenters. The smallest absolute Gasteiger partial charge is 0.259 e. The van der Waals surface area contributed by atoms with Crippen LogP contribution in [0.2, 0.25) is 5.02 Å². The molecule has 0 aliphatic carbocycles. The third-order valence-electron chi connectivity index (χ3n) is 5.03. The minimum Gasteiger partial charge on any atom is -0.489 e. The molecule has 7 heteroatoms. The molecule has 0 heterocycles. The van der Waals surface area contributed by atoms with E-state index in [1.165, 1.54) is 31.9 Å². The fraction of sp³-hybridized carbons (Fsp3) is 0.423. The lowest BCUT2D eigenvalue weighted by Gasteiger charge is -2.07. The first-order valence-corrected chi connectivity index (χ1v) is 12.0. The van der Waals surface area contributed by atoms with Gasteiger partial charge in [0.2, 0.25) is 5.91 Å².